The third-order valence-electron chi connectivity index (χ3n) is 2.67. The van der Waals surface area contributed by atoms with Crippen molar-refractivity contribution in [2.45, 2.75) is 31.9 Å². The molecule has 0 aliphatic heterocycles. The minimum Gasteiger partial charge on any atom is -0.481 e. The predicted octanol–water partition coefficient (Wildman–Crippen LogP) is 4.42. The Bertz CT molecular complexity index is 463. The summed E-state index contributed by atoms with van der Waals surface area (Å²) in [7, 11) is 0. The molecule has 2 N–H and O–H groups in total. The number of carboxylic acid groups (broad SMARTS) is 1. The van der Waals surface area contributed by atoms with Crippen molar-refractivity contribution in [1.82, 2.24) is 0 Å². The maximum absolute atomic E-state index is 12.6. The van der Waals surface area contributed by atoms with Gasteiger partial charge in [-0.05, 0) is 31.0 Å². The molecule has 1 rings (SSSR count). The molecule has 7 heteroatoms. The summed E-state index contributed by atoms with van der Waals surface area (Å²) in [5, 5.41) is 11.0. The van der Waals surface area contributed by atoms with E-state index in [1.807, 2.05) is 0 Å². The first-order valence-corrected chi connectivity index (χ1v) is 6.51. The van der Waals surface area contributed by atoms with Crippen LogP contribution < -0.4 is 5.32 Å². The van der Waals surface area contributed by atoms with Crippen molar-refractivity contribution in [3.63, 3.8) is 0 Å². The zero-order chi connectivity index (χ0) is 15.2. The molecule has 0 aliphatic rings. The quantitative estimate of drug-likeness (QED) is 0.733. The Labute approximate surface area is 119 Å². The molecule has 0 bridgehead atoms. The molecule has 20 heavy (non-hydrogen) atoms. The molecular formula is C13H15ClF3NO2. The molecule has 3 nitrogen and oxygen atoms in total. The van der Waals surface area contributed by atoms with Crippen molar-refractivity contribution in [3.8, 4) is 0 Å². The number of carbonyl (C=O) groups is 1. The third-order valence-corrected chi connectivity index (χ3v) is 3.00. The summed E-state index contributed by atoms with van der Waals surface area (Å²) in [6.07, 6.45) is -2.41. The van der Waals surface area contributed by atoms with Crippen molar-refractivity contribution in [2.24, 2.45) is 0 Å². The zero-order valence-electron chi connectivity index (χ0n) is 10.6. The van der Waals surface area contributed by atoms with Gasteiger partial charge in [0.15, 0.2) is 0 Å². The Morgan fingerprint density at radius 3 is 2.55 bits per heavy atom. The molecule has 0 saturated heterocycles. The lowest BCUT2D eigenvalue weighted by molar-refractivity contribution is -0.138. The van der Waals surface area contributed by atoms with Gasteiger partial charge in [-0.3, -0.25) is 4.79 Å². The summed E-state index contributed by atoms with van der Waals surface area (Å²) >= 11 is 5.51. The van der Waals surface area contributed by atoms with Crippen molar-refractivity contribution in [3.05, 3.63) is 28.8 Å². The van der Waals surface area contributed by atoms with E-state index in [2.05, 4.69) is 5.32 Å². The number of nitrogens with one attached hydrogen (secondary N) is 1. The van der Waals surface area contributed by atoms with Crippen LogP contribution >= 0.6 is 11.6 Å². The first-order valence-electron chi connectivity index (χ1n) is 6.13. The van der Waals surface area contributed by atoms with E-state index in [4.69, 9.17) is 16.7 Å². The molecule has 112 valence electrons. The van der Waals surface area contributed by atoms with Crippen LogP contribution in [0.5, 0.6) is 0 Å². The lowest BCUT2D eigenvalue weighted by Gasteiger charge is -2.12. The number of hydrogen-bond donors (Lipinski definition) is 2. The van der Waals surface area contributed by atoms with E-state index in [-0.39, 0.29) is 11.4 Å². The summed E-state index contributed by atoms with van der Waals surface area (Å²) in [5.74, 6) is -0.842. The van der Waals surface area contributed by atoms with Gasteiger partial charge in [-0.2, -0.15) is 13.2 Å². The van der Waals surface area contributed by atoms with Crippen LogP contribution in [0, 0.1) is 0 Å². The van der Waals surface area contributed by atoms with E-state index in [9.17, 15) is 18.0 Å². The fraction of sp³-hybridized carbons (Fsp3) is 0.462. The van der Waals surface area contributed by atoms with E-state index >= 15 is 0 Å². The number of halogens is 4. The molecule has 1 aromatic rings. The van der Waals surface area contributed by atoms with E-state index in [0.717, 1.165) is 6.07 Å². The van der Waals surface area contributed by atoms with Crippen LogP contribution in [0.1, 0.15) is 31.2 Å². The van der Waals surface area contributed by atoms with Crippen LogP contribution in [0.2, 0.25) is 5.02 Å². The highest BCUT2D eigenvalue weighted by Gasteiger charge is 2.33. The summed E-state index contributed by atoms with van der Waals surface area (Å²) < 4.78 is 37.9. The second kappa shape index (κ2) is 7.38. The van der Waals surface area contributed by atoms with Gasteiger partial charge in [0, 0.05) is 18.7 Å². The largest absolute Gasteiger partial charge is 0.481 e. The number of anilines is 1. The topological polar surface area (TPSA) is 49.3 Å². The number of hydrogen-bond acceptors (Lipinski definition) is 2. The molecule has 0 fully saturated rings. The Morgan fingerprint density at radius 1 is 1.25 bits per heavy atom. The van der Waals surface area contributed by atoms with Crippen molar-refractivity contribution in [1.29, 1.82) is 0 Å². The van der Waals surface area contributed by atoms with E-state index in [1.54, 1.807) is 0 Å². The van der Waals surface area contributed by atoms with Crippen LogP contribution in [-0.4, -0.2) is 17.6 Å². The van der Waals surface area contributed by atoms with E-state index < -0.39 is 17.7 Å². The average Bonchev–Trinajstić information content (AvgIpc) is 2.33. The number of aliphatic carboxylic acids is 1. The van der Waals surface area contributed by atoms with Crippen LogP contribution in [0.3, 0.4) is 0 Å². The molecule has 0 radical (unpaired) electrons. The van der Waals surface area contributed by atoms with Crippen molar-refractivity contribution < 1.29 is 23.1 Å². The smallest absolute Gasteiger partial charge is 0.417 e. The maximum atomic E-state index is 12.6. The number of rotatable bonds is 7. The monoisotopic (exact) mass is 309 g/mol. The maximum Gasteiger partial charge on any atom is 0.417 e. The minimum absolute atomic E-state index is 0.110. The molecular weight excluding hydrogens is 295 g/mol. The molecule has 0 aliphatic carbocycles. The van der Waals surface area contributed by atoms with Gasteiger partial charge in [0.2, 0.25) is 0 Å². The fourth-order valence-corrected chi connectivity index (χ4v) is 1.89. The summed E-state index contributed by atoms with van der Waals surface area (Å²) in [4.78, 5) is 10.3. The van der Waals surface area contributed by atoms with Gasteiger partial charge in [-0.25, -0.2) is 0 Å². The fourth-order valence-electron chi connectivity index (χ4n) is 1.66. The molecule has 0 amide bonds. The first-order chi connectivity index (χ1) is 9.30. The molecule has 0 spiro atoms. The zero-order valence-corrected chi connectivity index (χ0v) is 11.4. The molecule has 0 heterocycles. The lowest BCUT2D eigenvalue weighted by Crippen LogP contribution is -2.08. The second-order valence-electron chi connectivity index (χ2n) is 4.32. The van der Waals surface area contributed by atoms with Gasteiger partial charge in [-0.1, -0.05) is 18.0 Å². The van der Waals surface area contributed by atoms with Crippen LogP contribution in [0.4, 0.5) is 18.9 Å². The van der Waals surface area contributed by atoms with Gasteiger partial charge in [-0.15, -0.1) is 0 Å². The van der Waals surface area contributed by atoms with E-state index in [0.29, 0.717) is 31.5 Å². The molecule has 0 saturated carbocycles. The predicted molar refractivity (Wildman–Crippen MR) is 71.0 cm³/mol. The second-order valence-corrected chi connectivity index (χ2v) is 4.73. The Kier molecular flexibility index (Phi) is 6.13. The highest BCUT2D eigenvalue weighted by Crippen LogP contribution is 2.36. The minimum atomic E-state index is -4.48. The Balaban J connectivity index is 2.43. The summed E-state index contributed by atoms with van der Waals surface area (Å²) in [5.41, 5.74) is -0.519. The van der Waals surface area contributed by atoms with Gasteiger partial charge in [0.05, 0.1) is 10.6 Å². The van der Waals surface area contributed by atoms with Crippen LogP contribution in [0.25, 0.3) is 0 Å². The lowest BCUT2D eigenvalue weighted by atomic mass is 10.1. The molecule has 0 unspecified atom stereocenters. The van der Waals surface area contributed by atoms with Crippen molar-refractivity contribution >= 4 is 23.3 Å². The highest BCUT2D eigenvalue weighted by atomic mass is 35.5. The number of carboxylic acids is 1. The number of benzene rings is 1. The van der Waals surface area contributed by atoms with Gasteiger partial charge < -0.3 is 10.4 Å². The number of alkyl halides is 3. The van der Waals surface area contributed by atoms with Crippen LogP contribution in [0.15, 0.2) is 18.2 Å². The summed E-state index contributed by atoms with van der Waals surface area (Å²) in [6.45, 7) is 0.485. The van der Waals surface area contributed by atoms with Gasteiger partial charge >= 0.3 is 12.1 Å². The summed E-state index contributed by atoms with van der Waals surface area (Å²) in [6, 6.07) is 3.66. The van der Waals surface area contributed by atoms with Crippen LogP contribution in [-0.2, 0) is 11.0 Å². The Hall–Kier alpha value is -1.43. The normalized spacial score (nSPS) is 11.4. The van der Waals surface area contributed by atoms with Crippen molar-refractivity contribution in [2.75, 3.05) is 11.9 Å². The van der Waals surface area contributed by atoms with Gasteiger partial charge in [0.1, 0.15) is 0 Å². The SMILES string of the molecule is O=C(O)CCCCCNc1ccc(Cl)c(C(F)(F)F)c1. The molecule has 0 aromatic heterocycles. The first kappa shape index (κ1) is 16.6. The molecule has 1 aromatic carbocycles. The Morgan fingerprint density at radius 2 is 1.95 bits per heavy atom. The molecule has 0 atom stereocenters. The average molecular weight is 310 g/mol. The third kappa shape index (κ3) is 5.69. The number of unbranched alkanes of at least 4 members (excludes halogenated alkanes) is 2. The van der Waals surface area contributed by atoms with E-state index in [1.165, 1.54) is 12.1 Å². The standard InChI is InChI=1S/C13H15ClF3NO2/c14-11-6-5-9(8-10(11)13(15,16)17)18-7-3-1-2-4-12(19)20/h5-6,8,18H,1-4,7H2,(H,19,20). The highest BCUT2D eigenvalue weighted by molar-refractivity contribution is 6.31. The van der Waals surface area contributed by atoms with Gasteiger partial charge in [0.25, 0.3) is 0 Å².